The van der Waals surface area contributed by atoms with Crippen LogP contribution in [0.15, 0.2) is 29.4 Å². The zero-order valence-electron chi connectivity index (χ0n) is 13.2. The standard InChI is InChI=1S/C16H23FN4.HI/c1-4-11(2)21-16(18-3)19-8-7-12-10-20-15-6-5-13(17)9-14(12)15;/h5-6,9-11,20H,4,7-8H2,1-3H3,(H2,18,19,21);1H. The van der Waals surface area contributed by atoms with Gasteiger partial charge in [0.15, 0.2) is 5.96 Å². The Hall–Kier alpha value is -1.31. The molecule has 2 aromatic rings. The minimum atomic E-state index is -0.203. The molecule has 0 aliphatic heterocycles. The lowest BCUT2D eigenvalue weighted by atomic mass is 10.1. The monoisotopic (exact) mass is 418 g/mol. The highest BCUT2D eigenvalue weighted by Gasteiger charge is 2.06. The first-order chi connectivity index (χ1) is 10.1. The van der Waals surface area contributed by atoms with Crippen LogP contribution in [0.3, 0.4) is 0 Å². The molecule has 0 radical (unpaired) electrons. The fourth-order valence-corrected chi connectivity index (χ4v) is 2.20. The van der Waals surface area contributed by atoms with Crippen LogP contribution in [0.4, 0.5) is 4.39 Å². The summed E-state index contributed by atoms with van der Waals surface area (Å²) in [6.07, 6.45) is 3.80. The first-order valence-corrected chi connectivity index (χ1v) is 7.36. The van der Waals surface area contributed by atoms with Crippen molar-refractivity contribution in [3.05, 3.63) is 35.8 Å². The van der Waals surface area contributed by atoms with Crippen LogP contribution in [-0.2, 0) is 6.42 Å². The van der Waals surface area contributed by atoms with Crippen LogP contribution in [0.2, 0.25) is 0 Å². The molecule has 0 saturated heterocycles. The van der Waals surface area contributed by atoms with Crippen molar-refractivity contribution in [2.75, 3.05) is 13.6 Å². The zero-order valence-corrected chi connectivity index (χ0v) is 15.6. The van der Waals surface area contributed by atoms with Gasteiger partial charge in [0.2, 0.25) is 0 Å². The van der Waals surface area contributed by atoms with Crippen molar-refractivity contribution in [2.45, 2.75) is 32.7 Å². The van der Waals surface area contributed by atoms with Crippen molar-refractivity contribution in [3.63, 3.8) is 0 Å². The van der Waals surface area contributed by atoms with E-state index in [4.69, 9.17) is 0 Å². The van der Waals surface area contributed by atoms with Gasteiger partial charge in [-0.3, -0.25) is 4.99 Å². The number of aliphatic imine (C=N–C) groups is 1. The molecule has 1 aromatic heterocycles. The molecule has 3 N–H and O–H groups in total. The highest BCUT2D eigenvalue weighted by molar-refractivity contribution is 14.0. The Morgan fingerprint density at radius 1 is 1.41 bits per heavy atom. The van der Waals surface area contributed by atoms with Gasteiger partial charge < -0.3 is 15.6 Å². The van der Waals surface area contributed by atoms with Crippen LogP contribution in [0.1, 0.15) is 25.8 Å². The lowest BCUT2D eigenvalue weighted by Gasteiger charge is -2.16. The molecular weight excluding hydrogens is 394 g/mol. The summed E-state index contributed by atoms with van der Waals surface area (Å²) in [7, 11) is 1.76. The minimum absolute atomic E-state index is 0. The largest absolute Gasteiger partial charge is 0.361 e. The number of aromatic amines is 1. The number of rotatable bonds is 5. The van der Waals surface area contributed by atoms with Gasteiger partial charge in [-0.15, -0.1) is 24.0 Å². The van der Waals surface area contributed by atoms with Gasteiger partial charge in [-0.05, 0) is 43.5 Å². The third kappa shape index (κ3) is 4.86. The van der Waals surface area contributed by atoms with E-state index in [1.54, 1.807) is 19.2 Å². The maximum Gasteiger partial charge on any atom is 0.191 e. The van der Waals surface area contributed by atoms with Crippen molar-refractivity contribution >= 4 is 40.8 Å². The number of aromatic nitrogens is 1. The first kappa shape index (κ1) is 18.7. The molecule has 6 heteroatoms. The van der Waals surface area contributed by atoms with Crippen LogP contribution in [0.5, 0.6) is 0 Å². The van der Waals surface area contributed by atoms with Crippen molar-refractivity contribution in [2.24, 2.45) is 4.99 Å². The predicted octanol–water partition coefficient (Wildman–Crippen LogP) is 3.43. The number of nitrogens with one attached hydrogen (secondary N) is 3. The number of hydrogen-bond donors (Lipinski definition) is 3. The Bertz CT molecular complexity index is 624. The third-order valence-corrected chi connectivity index (χ3v) is 3.64. The van der Waals surface area contributed by atoms with E-state index >= 15 is 0 Å². The minimum Gasteiger partial charge on any atom is -0.361 e. The summed E-state index contributed by atoms with van der Waals surface area (Å²) in [5.74, 6) is 0.598. The quantitative estimate of drug-likeness (QED) is 0.396. The van der Waals surface area contributed by atoms with Gasteiger partial charge in [0, 0.05) is 36.7 Å². The molecule has 1 aromatic carbocycles. The second kappa shape index (κ2) is 8.97. The summed E-state index contributed by atoms with van der Waals surface area (Å²) in [4.78, 5) is 7.37. The van der Waals surface area contributed by atoms with Gasteiger partial charge in [-0.2, -0.15) is 0 Å². The molecule has 0 saturated carbocycles. The van der Waals surface area contributed by atoms with Gasteiger partial charge in [0.25, 0.3) is 0 Å². The number of hydrogen-bond acceptors (Lipinski definition) is 1. The van der Waals surface area contributed by atoms with E-state index in [-0.39, 0.29) is 29.8 Å². The van der Waals surface area contributed by atoms with Gasteiger partial charge in [-0.1, -0.05) is 6.92 Å². The Kier molecular flexibility index (Phi) is 7.64. The number of nitrogens with zero attached hydrogens (tertiary/aromatic N) is 1. The first-order valence-electron chi connectivity index (χ1n) is 7.36. The number of fused-ring (bicyclic) bond motifs is 1. The zero-order chi connectivity index (χ0) is 15.2. The van der Waals surface area contributed by atoms with Crippen LogP contribution in [0.25, 0.3) is 10.9 Å². The molecule has 22 heavy (non-hydrogen) atoms. The summed E-state index contributed by atoms with van der Waals surface area (Å²) in [6, 6.07) is 5.20. The van der Waals surface area contributed by atoms with Crippen LogP contribution >= 0.6 is 24.0 Å². The normalized spacial score (nSPS) is 12.8. The maximum absolute atomic E-state index is 13.3. The molecule has 0 aliphatic rings. The van der Waals surface area contributed by atoms with E-state index in [2.05, 4.69) is 34.5 Å². The molecule has 122 valence electrons. The fraction of sp³-hybridized carbons (Fsp3) is 0.438. The molecule has 0 fully saturated rings. The molecular formula is C16H24FIN4. The molecule has 2 rings (SSSR count). The highest BCUT2D eigenvalue weighted by Crippen LogP contribution is 2.19. The summed E-state index contributed by atoms with van der Waals surface area (Å²) in [5, 5.41) is 7.54. The summed E-state index contributed by atoms with van der Waals surface area (Å²) in [6.45, 7) is 5.00. The molecule has 1 atom stereocenters. The second-order valence-electron chi connectivity index (χ2n) is 5.21. The van der Waals surface area contributed by atoms with Gasteiger partial charge >= 0.3 is 0 Å². The van der Waals surface area contributed by atoms with E-state index in [0.717, 1.165) is 41.8 Å². The van der Waals surface area contributed by atoms with E-state index in [1.165, 1.54) is 6.07 Å². The molecule has 1 unspecified atom stereocenters. The second-order valence-corrected chi connectivity index (χ2v) is 5.21. The number of benzene rings is 1. The Balaban J connectivity index is 0.00000242. The van der Waals surface area contributed by atoms with E-state index < -0.39 is 0 Å². The van der Waals surface area contributed by atoms with E-state index in [1.807, 2.05) is 6.20 Å². The molecule has 1 heterocycles. The fourth-order valence-electron chi connectivity index (χ4n) is 2.20. The smallest absolute Gasteiger partial charge is 0.191 e. The van der Waals surface area contributed by atoms with E-state index in [0.29, 0.717) is 6.04 Å². The summed E-state index contributed by atoms with van der Waals surface area (Å²) < 4.78 is 13.3. The van der Waals surface area contributed by atoms with Gasteiger partial charge in [0.1, 0.15) is 5.82 Å². The van der Waals surface area contributed by atoms with Gasteiger partial charge in [-0.25, -0.2) is 4.39 Å². The van der Waals surface area contributed by atoms with Crippen LogP contribution < -0.4 is 10.6 Å². The Morgan fingerprint density at radius 2 is 2.18 bits per heavy atom. The summed E-state index contributed by atoms with van der Waals surface area (Å²) >= 11 is 0. The Morgan fingerprint density at radius 3 is 2.86 bits per heavy atom. The molecule has 0 spiro atoms. The third-order valence-electron chi connectivity index (χ3n) is 3.64. The van der Waals surface area contributed by atoms with Crippen molar-refractivity contribution in [3.8, 4) is 0 Å². The van der Waals surface area contributed by atoms with Crippen molar-refractivity contribution in [1.29, 1.82) is 0 Å². The highest BCUT2D eigenvalue weighted by atomic mass is 127. The maximum atomic E-state index is 13.3. The number of H-pyrrole nitrogens is 1. The lowest BCUT2D eigenvalue weighted by molar-refractivity contribution is 0.624. The van der Waals surface area contributed by atoms with Gasteiger partial charge in [0.05, 0.1) is 0 Å². The lowest BCUT2D eigenvalue weighted by Crippen LogP contribution is -2.42. The average molecular weight is 418 g/mol. The van der Waals surface area contributed by atoms with Crippen LogP contribution in [0, 0.1) is 5.82 Å². The topological polar surface area (TPSA) is 52.2 Å². The number of guanidine groups is 1. The molecule has 0 aliphatic carbocycles. The Labute approximate surface area is 148 Å². The average Bonchev–Trinajstić information content (AvgIpc) is 2.88. The number of halogens is 2. The van der Waals surface area contributed by atoms with E-state index in [9.17, 15) is 4.39 Å². The molecule has 0 amide bonds. The molecule has 4 nitrogen and oxygen atoms in total. The van der Waals surface area contributed by atoms with Crippen LogP contribution in [-0.4, -0.2) is 30.6 Å². The molecule has 0 bridgehead atoms. The van der Waals surface area contributed by atoms with Crippen molar-refractivity contribution < 1.29 is 4.39 Å². The van der Waals surface area contributed by atoms with Crippen molar-refractivity contribution in [1.82, 2.24) is 15.6 Å². The SMILES string of the molecule is CCC(C)NC(=NC)NCCc1c[nH]c2ccc(F)cc12.I. The summed E-state index contributed by atoms with van der Waals surface area (Å²) in [5.41, 5.74) is 2.07. The predicted molar refractivity (Wildman–Crippen MR) is 102 cm³/mol.